The van der Waals surface area contributed by atoms with E-state index in [-0.39, 0.29) is 5.54 Å². The van der Waals surface area contributed by atoms with Crippen LogP contribution in [0.1, 0.15) is 46.0 Å². The van der Waals surface area contributed by atoms with Gasteiger partial charge in [0.2, 0.25) is 0 Å². The molecule has 3 atom stereocenters. The molecule has 18 heavy (non-hydrogen) atoms. The Morgan fingerprint density at radius 1 is 1.11 bits per heavy atom. The minimum absolute atomic E-state index is 0.277. The van der Waals surface area contributed by atoms with Crippen LogP contribution in [0.25, 0.3) is 0 Å². The molecule has 2 N–H and O–H groups in total. The average Bonchev–Trinajstić information content (AvgIpc) is 2.56. The summed E-state index contributed by atoms with van der Waals surface area (Å²) in [7, 11) is 2.24. The summed E-state index contributed by atoms with van der Waals surface area (Å²) in [5.74, 6) is 0.822. The molecule has 2 heterocycles. The lowest BCUT2D eigenvalue weighted by Gasteiger charge is -2.50. The van der Waals surface area contributed by atoms with Gasteiger partial charge in [-0.2, -0.15) is 0 Å². The summed E-state index contributed by atoms with van der Waals surface area (Å²) in [6, 6.07) is 0.700. The number of nitrogens with zero attached hydrogens (tertiary/aromatic N) is 2. The van der Waals surface area contributed by atoms with Crippen LogP contribution in [-0.4, -0.2) is 54.6 Å². The molecule has 2 saturated heterocycles. The summed E-state index contributed by atoms with van der Waals surface area (Å²) < 4.78 is 0. The quantitative estimate of drug-likeness (QED) is 0.816. The molecule has 0 saturated carbocycles. The molecule has 0 amide bonds. The first-order valence-corrected chi connectivity index (χ1v) is 7.74. The predicted molar refractivity (Wildman–Crippen MR) is 77.7 cm³/mol. The lowest BCUT2D eigenvalue weighted by molar-refractivity contribution is -0.00433. The van der Waals surface area contributed by atoms with Crippen molar-refractivity contribution < 1.29 is 0 Å². The summed E-state index contributed by atoms with van der Waals surface area (Å²) in [4.78, 5) is 5.23. The van der Waals surface area contributed by atoms with E-state index in [1.165, 1.54) is 51.7 Å². The fraction of sp³-hybridized carbons (Fsp3) is 1.00. The largest absolute Gasteiger partial charge is 0.329 e. The molecule has 2 rings (SSSR count). The molecule has 3 unspecified atom stereocenters. The van der Waals surface area contributed by atoms with Gasteiger partial charge in [-0.1, -0.05) is 6.92 Å². The zero-order valence-electron chi connectivity index (χ0n) is 12.5. The number of likely N-dealkylation sites (tertiary alicyclic amines) is 2. The lowest BCUT2D eigenvalue weighted by atomic mass is 9.81. The Balaban J connectivity index is 2.14. The first-order chi connectivity index (χ1) is 8.59. The van der Waals surface area contributed by atoms with Gasteiger partial charge in [-0.3, -0.25) is 4.90 Å². The second-order valence-corrected chi connectivity index (χ2v) is 6.64. The lowest BCUT2D eigenvalue weighted by Crippen LogP contribution is -2.60. The Kier molecular flexibility index (Phi) is 4.68. The standard InChI is InChI=1S/C15H31N3/c1-13-6-4-10-18(14(13)2)15(12-16)7-5-9-17(3)11-8-15/h13-14H,4-12,16H2,1-3H3. The molecule has 2 aliphatic heterocycles. The van der Waals surface area contributed by atoms with Gasteiger partial charge in [0.25, 0.3) is 0 Å². The third kappa shape index (κ3) is 2.73. The number of nitrogens with two attached hydrogens (primary N) is 1. The first-order valence-electron chi connectivity index (χ1n) is 7.74. The van der Waals surface area contributed by atoms with E-state index in [0.29, 0.717) is 6.04 Å². The Hall–Kier alpha value is -0.120. The highest BCUT2D eigenvalue weighted by Gasteiger charge is 2.41. The van der Waals surface area contributed by atoms with Crippen LogP contribution >= 0.6 is 0 Å². The molecule has 2 aliphatic rings. The third-order valence-corrected chi connectivity index (χ3v) is 5.50. The fourth-order valence-corrected chi connectivity index (χ4v) is 3.93. The van der Waals surface area contributed by atoms with E-state index in [9.17, 15) is 0 Å². The monoisotopic (exact) mass is 253 g/mol. The van der Waals surface area contributed by atoms with Gasteiger partial charge in [0.1, 0.15) is 0 Å². The molecule has 0 bridgehead atoms. The summed E-state index contributed by atoms with van der Waals surface area (Å²) >= 11 is 0. The smallest absolute Gasteiger partial charge is 0.0347 e. The SMILES string of the molecule is CC1CCCN(C2(CN)CCCN(C)CC2)C1C. The van der Waals surface area contributed by atoms with Crippen LogP contribution in [0.2, 0.25) is 0 Å². The molecular weight excluding hydrogens is 222 g/mol. The van der Waals surface area contributed by atoms with Crippen LogP contribution < -0.4 is 5.73 Å². The van der Waals surface area contributed by atoms with Crippen molar-refractivity contribution in [1.82, 2.24) is 9.80 Å². The van der Waals surface area contributed by atoms with Crippen molar-refractivity contribution in [2.75, 3.05) is 33.2 Å². The number of hydrogen-bond donors (Lipinski definition) is 1. The van der Waals surface area contributed by atoms with Crippen LogP contribution in [0, 0.1) is 5.92 Å². The molecule has 0 spiro atoms. The first kappa shape index (κ1) is 14.3. The molecule has 3 heteroatoms. The summed E-state index contributed by atoms with van der Waals surface area (Å²) in [6.45, 7) is 9.35. The molecule has 3 nitrogen and oxygen atoms in total. The van der Waals surface area contributed by atoms with Crippen molar-refractivity contribution in [3.63, 3.8) is 0 Å². The maximum Gasteiger partial charge on any atom is 0.0347 e. The van der Waals surface area contributed by atoms with Crippen molar-refractivity contribution >= 4 is 0 Å². The third-order valence-electron chi connectivity index (χ3n) is 5.50. The zero-order chi connectivity index (χ0) is 13.2. The molecule has 0 aromatic rings. The van der Waals surface area contributed by atoms with Gasteiger partial charge in [-0.25, -0.2) is 0 Å². The van der Waals surface area contributed by atoms with Gasteiger partial charge in [0.15, 0.2) is 0 Å². The van der Waals surface area contributed by atoms with Gasteiger partial charge in [0, 0.05) is 18.1 Å². The molecule has 106 valence electrons. The Morgan fingerprint density at radius 2 is 1.89 bits per heavy atom. The minimum atomic E-state index is 0.277. The van der Waals surface area contributed by atoms with Crippen molar-refractivity contribution in [2.45, 2.75) is 57.5 Å². The highest BCUT2D eigenvalue weighted by Crippen LogP contribution is 2.35. The number of piperidine rings is 1. The molecule has 0 radical (unpaired) electrons. The van der Waals surface area contributed by atoms with Gasteiger partial charge in [-0.15, -0.1) is 0 Å². The van der Waals surface area contributed by atoms with Crippen molar-refractivity contribution in [3.05, 3.63) is 0 Å². The van der Waals surface area contributed by atoms with Crippen LogP contribution in [0.5, 0.6) is 0 Å². The Bertz CT molecular complexity index is 268. The predicted octanol–water partition coefficient (Wildman–Crippen LogP) is 1.92. The van der Waals surface area contributed by atoms with E-state index < -0.39 is 0 Å². The van der Waals surface area contributed by atoms with E-state index in [1.54, 1.807) is 0 Å². The van der Waals surface area contributed by atoms with Crippen molar-refractivity contribution in [1.29, 1.82) is 0 Å². The summed E-state index contributed by atoms with van der Waals surface area (Å²) in [5.41, 5.74) is 6.51. The number of hydrogen-bond acceptors (Lipinski definition) is 3. The van der Waals surface area contributed by atoms with Crippen molar-refractivity contribution in [2.24, 2.45) is 11.7 Å². The maximum absolute atomic E-state index is 6.23. The Morgan fingerprint density at radius 3 is 2.61 bits per heavy atom. The van der Waals surface area contributed by atoms with Gasteiger partial charge < -0.3 is 10.6 Å². The highest BCUT2D eigenvalue weighted by atomic mass is 15.3. The van der Waals surface area contributed by atoms with Gasteiger partial charge >= 0.3 is 0 Å². The van der Waals surface area contributed by atoms with Crippen LogP contribution in [-0.2, 0) is 0 Å². The molecule has 0 aliphatic carbocycles. The van der Waals surface area contributed by atoms with Crippen LogP contribution in [0.3, 0.4) is 0 Å². The van der Waals surface area contributed by atoms with E-state index in [1.807, 2.05) is 0 Å². The van der Waals surface area contributed by atoms with Gasteiger partial charge in [-0.05, 0) is 71.6 Å². The normalized spacial score (nSPS) is 40.7. The van der Waals surface area contributed by atoms with Crippen LogP contribution in [0.15, 0.2) is 0 Å². The van der Waals surface area contributed by atoms with E-state index in [4.69, 9.17) is 5.73 Å². The van der Waals surface area contributed by atoms with E-state index in [2.05, 4.69) is 30.7 Å². The van der Waals surface area contributed by atoms with E-state index in [0.717, 1.165) is 12.5 Å². The Labute approximate surface area is 113 Å². The van der Waals surface area contributed by atoms with Gasteiger partial charge in [0.05, 0.1) is 0 Å². The fourth-order valence-electron chi connectivity index (χ4n) is 3.93. The second kappa shape index (κ2) is 5.89. The maximum atomic E-state index is 6.23. The average molecular weight is 253 g/mol. The van der Waals surface area contributed by atoms with Crippen LogP contribution in [0.4, 0.5) is 0 Å². The van der Waals surface area contributed by atoms with Crippen molar-refractivity contribution in [3.8, 4) is 0 Å². The minimum Gasteiger partial charge on any atom is -0.329 e. The molecule has 2 fully saturated rings. The second-order valence-electron chi connectivity index (χ2n) is 6.64. The molecule has 0 aromatic heterocycles. The zero-order valence-corrected chi connectivity index (χ0v) is 12.5. The highest BCUT2D eigenvalue weighted by molar-refractivity contribution is 4.98. The molecular formula is C15H31N3. The summed E-state index contributed by atoms with van der Waals surface area (Å²) in [6.07, 6.45) is 6.56. The topological polar surface area (TPSA) is 32.5 Å². The van der Waals surface area contributed by atoms with E-state index >= 15 is 0 Å². The number of rotatable bonds is 2. The summed E-state index contributed by atoms with van der Waals surface area (Å²) in [5, 5.41) is 0. The molecule has 0 aromatic carbocycles.